The molecule has 2 aromatic rings. The van der Waals surface area contributed by atoms with E-state index in [1.165, 1.54) is 7.11 Å². The zero-order valence-electron chi connectivity index (χ0n) is 16.1. The average Bonchev–Trinajstić information content (AvgIpc) is 3.25. The van der Waals surface area contributed by atoms with E-state index in [2.05, 4.69) is 37.8 Å². The molecule has 1 N–H and O–H groups in total. The number of aliphatic imine (C=N–C) groups is 1. The third-order valence-corrected chi connectivity index (χ3v) is 5.01. The van der Waals surface area contributed by atoms with E-state index >= 15 is 0 Å². The van der Waals surface area contributed by atoms with E-state index in [4.69, 9.17) is 4.74 Å². The lowest BCUT2D eigenvalue weighted by molar-refractivity contribution is -0.145. The number of para-hydroxylation sites is 2. The number of aryl methyl sites for hydroxylation is 1. The van der Waals surface area contributed by atoms with Crippen LogP contribution in [0.3, 0.4) is 0 Å². The quantitative estimate of drug-likeness (QED) is 0.232. The number of ether oxygens (including phenoxy) is 1. The lowest BCUT2D eigenvalue weighted by atomic mass is 9.99. The Kier molecular flexibility index (Phi) is 7.88. The number of carbonyl (C=O) groups is 1. The molecule has 2 heterocycles. The number of hydrogen-bond acceptors (Lipinski definition) is 4. The Hall–Kier alpha value is -1.84. The van der Waals surface area contributed by atoms with Gasteiger partial charge in [-0.05, 0) is 24.5 Å². The van der Waals surface area contributed by atoms with Gasteiger partial charge >= 0.3 is 5.97 Å². The molecule has 2 unspecified atom stereocenters. The van der Waals surface area contributed by atoms with Crippen molar-refractivity contribution < 1.29 is 9.53 Å². The van der Waals surface area contributed by atoms with Gasteiger partial charge in [-0.15, -0.1) is 24.0 Å². The summed E-state index contributed by atoms with van der Waals surface area (Å²) in [5, 5.41) is 3.41. The highest BCUT2D eigenvalue weighted by Crippen LogP contribution is 2.24. The number of benzene rings is 1. The normalized spacial score (nSPS) is 19.8. The number of esters is 1. The molecule has 1 aromatic heterocycles. The van der Waals surface area contributed by atoms with Crippen LogP contribution in [0.25, 0.3) is 11.0 Å². The summed E-state index contributed by atoms with van der Waals surface area (Å²) in [7, 11) is 3.23. The molecule has 1 fully saturated rings. The zero-order valence-corrected chi connectivity index (χ0v) is 18.4. The fourth-order valence-corrected chi connectivity index (χ4v) is 3.57. The van der Waals surface area contributed by atoms with Crippen molar-refractivity contribution in [3.63, 3.8) is 0 Å². The van der Waals surface area contributed by atoms with E-state index in [0.29, 0.717) is 6.54 Å². The first-order chi connectivity index (χ1) is 12.6. The largest absolute Gasteiger partial charge is 0.469 e. The number of fused-ring (bicyclic) bond motifs is 1. The highest BCUT2D eigenvalue weighted by atomic mass is 127. The second-order valence-electron chi connectivity index (χ2n) is 6.77. The molecule has 1 aromatic carbocycles. The lowest BCUT2D eigenvalue weighted by Crippen LogP contribution is -2.41. The van der Waals surface area contributed by atoms with Crippen molar-refractivity contribution in [2.45, 2.75) is 19.9 Å². The van der Waals surface area contributed by atoms with E-state index < -0.39 is 0 Å². The van der Waals surface area contributed by atoms with Crippen LogP contribution in [0.15, 0.2) is 35.6 Å². The van der Waals surface area contributed by atoms with Crippen molar-refractivity contribution >= 4 is 46.9 Å². The van der Waals surface area contributed by atoms with E-state index in [9.17, 15) is 4.79 Å². The monoisotopic (exact) mass is 485 g/mol. The van der Waals surface area contributed by atoms with Crippen molar-refractivity contribution in [2.24, 2.45) is 16.8 Å². The molecule has 7 nitrogen and oxygen atoms in total. The van der Waals surface area contributed by atoms with Gasteiger partial charge < -0.3 is 19.5 Å². The fourth-order valence-electron chi connectivity index (χ4n) is 3.57. The van der Waals surface area contributed by atoms with Crippen LogP contribution in [-0.4, -0.2) is 60.2 Å². The van der Waals surface area contributed by atoms with Gasteiger partial charge in [0.15, 0.2) is 5.96 Å². The van der Waals surface area contributed by atoms with Crippen molar-refractivity contribution in [3.05, 3.63) is 30.6 Å². The first-order valence-corrected chi connectivity index (χ1v) is 9.07. The lowest BCUT2D eigenvalue weighted by Gasteiger charge is -2.21. The average molecular weight is 485 g/mol. The Labute approximate surface area is 177 Å². The predicted octanol–water partition coefficient (Wildman–Crippen LogP) is 2.36. The Balaban J connectivity index is 0.00000261. The highest BCUT2D eigenvalue weighted by molar-refractivity contribution is 14.0. The maximum atomic E-state index is 11.9. The molecule has 3 rings (SSSR count). The van der Waals surface area contributed by atoms with Crippen molar-refractivity contribution in [1.29, 1.82) is 0 Å². The number of likely N-dealkylation sites (tertiary alicyclic amines) is 1. The van der Waals surface area contributed by atoms with E-state index in [1.807, 2.05) is 24.5 Å². The van der Waals surface area contributed by atoms with Gasteiger partial charge in [0.2, 0.25) is 0 Å². The first kappa shape index (κ1) is 21.5. The molecule has 1 saturated heterocycles. The number of methoxy groups -OCH3 is 1. The minimum atomic E-state index is -0.137. The van der Waals surface area contributed by atoms with Crippen LogP contribution in [0.1, 0.15) is 13.3 Å². The molecular weight excluding hydrogens is 457 g/mol. The molecule has 0 aliphatic carbocycles. The molecule has 2 atom stereocenters. The van der Waals surface area contributed by atoms with Gasteiger partial charge in [-0.25, -0.2) is 4.98 Å². The molecule has 1 aliphatic rings. The number of nitrogens with zero attached hydrogens (tertiary/aromatic N) is 4. The number of nitrogens with one attached hydrogen (secondary N) is 1. The molecule has 0 spiro atoms. The van der Waals surface area contributed by atoms with Crippen molar-refractivity contribution in [1.82, 2.24) is 19.8 Å². The Bertz CT molecular complexity index is 791. The van der Waals surface area contributed by atoms with Crippen LogP contribution in [0.4, 0.5) is 0 Å². The molecule has 0 saturated carbocycles. The molecule has 8 heteroatoms. The molecular formula is C19H28IN5O2. The van der Waals surface area contributed by atoms with Gasteiger partial charge in [-0.2, -0.15) is 0 Å². The molecule has 148 valence electrons. The summed E-state index contributed by atoms with van der Waals surface area (Å²) >= 11 is 0. The van der Waals surface area contributed by atoms with Gasteiger partial charge in [0, 0.05) is 33.2 Å². The Morgan fingerprint density at radius 2 is 2.15 bits per heavy atom. The summed E-state index contributed by atoms with van der Waals surface area (Å²) < 4.78 is 7.08. The summed E-state index contributed by atoms with van der Waals surface area (Å²) in [6, 6.07) is 8.15. The van der Waals surface area contributed by atoms with Gasteiger partial charge in [-0.1, -0.05) is 19.1 Å². The Morgan fingerprint density at radius 3 is 2.89 bits per heavy atom. The van der Waals surface area contributed by atoms with Crippen molar-refractivity contribution in [2.75, 3.05) is 33.8 Å². The minimum Gasteiger partial charge on any atom is -0.469 e. The SMILES string of the molecule is CN=C(NCCCn1cnc2ccccc21)N1CC(C)C(C(=O)OC)C1.I. The number of aromatic nitrogens is 2. The summed E-state index contributed by atoms with van der Waals surface area (Å²) in [5.41, 5.74) is 2.18. The van der Waals surface area contributed by atoms with E-state index in [1.54, 1.807) is 7.05 Å². The molecule has 27 heavy (non-hydrogen) atoms. The van der Waals surface area contributed by atoms with Gasteiger partial charge in [0.1, 0.15) is 0 Å². The molecule has 0 amide bonds. The number of rotatable bonds is 5. The summed E-state index contributed by atoms with van der Waals surface area (Å²) in [6.45, 7) is 5.25. The molecule has 1 aliphatic heterocycles. The van der Waals surface area contributed by atoms with Crippen LogP contribution >= 0.6 is 24.0 Å². The predicted molar refractivity (Wildman–Crippen MR) is 117 cm³/mol. The number of carbonyl (C=O) groups excluding carboxylic acids is 1. The second kappa shape index (κ2) is 9.91. The van der Waals surface area contributed by atoms with Crippen LogP contribution in [0.2, 0.25) is 0 Å². The third-order valence-electron chi connectivity index (χ3n) is 5.01. The van der Waals surface area contributed by atoms with E-state index in [0.717, 1.165) is 43.0 Å². The van der Waals surface area contributed by atoms with Gasteiger partial charge in [-0.3, -0.25) is 9.79 Å². The summed E-state index contributed by atoms with van der Waals surface area (Å²) in [6.07, 6.45) is 2.85. The van der Waals surface area contributed by atoms with Crippen LogP contribution < -0.4 is 5.32 Å². The van der Waals surface area contributed by atoms with E-state index in [-0.39, 0.29) is 41.8 Å². The number of guanidine groups is 1. The van der Waals surface area contributed by atoms with Gasteiger partial charge in [0.25, 0.3) is 0 Å². The maximum Gasteiger partial charge on any atom is 0.310 e. The van der Waals surface area contributed by atoms with Crippen LogP contribution in [0.5, 0.6) is 0 Å². The number of halogens is 1. The topological polar surface area (TPSA) is 71.8 Å². The second-order valence-corrected chi connectivity index (χ2v) is 6.77. The summed E-state index contributed by atoms with van der Waals surface area (Å²) in [4.78, 5) is 22.8. The number of imidazole rings is 1. The highest BCUT2D eigenvalue weighted by Gasteiger charge is 2.36. The summed E-state index contributed by atoms with van der Waals surface area (Å²) in [5.74, 6) is 0.885. The minimum absolute atomic E-state index is 0. The Morgan fingerprint density at radius 1 is 1.37 bits per heavy atom. The fraction of sp³-hybridized carbons (Fsp3) is 0.526. The third kappa shape index (κ3) is 4.91. The van der Waals surface area contributed by atoms with Crippen LogP contribution in [-0.2, 0) is 16.1 Å². The molecule has 0 bridgehead atoms. The van der Waals surface area contributed by atoms with Crippen LogP contribution in [0, 0.1) is 11.8 Å². The smallest absolute Gasteiger partial charge is 0.310 e. The first-order valence-electron chi connectivity index (χ1n) is 9.07. The standard InChI is InChI=1S/C19H27N5O2.HI/c1-14-11-24(12-15(14)18(25)26-3)19(20-2)21-9-6-10-23-13-22-16-7-4-5-8-17(16)23;/h4-5,7-8,13-15H,6,9-12H2,1-3H3,(H,20,21);1H. The zero-order chi connectivity index (χ0) is 18.5. The molecule has 0 radical (unpaired) electrons. The number of hydrogen-bond donors (Lipinski definition) is 1. The van der Waals surface area contributed by atoms with Gasteiger partial charge in [0.05, 0.1) is 30.4 Å². The van der Waals surface area contributed by atoms with Crippen molar-refractivity contribution in [3.8, 4) is 0 Å². The maximum absolute atomic E-state index is 11.9.